The fourth-order valence-corrected chi connectivity index (χ4v) is 0.838. The zero-order valence-corrected chi connectivity index (χ0v) is 6.82. The average Bonchev–Trinajstić information content (AvgIpc) is 2.04. The summed E-state index contributed by atoms with van der Waals surface area (Å²) in [4.78, 5) is 10.4. The van der Waals surface area contributed by atoms with Crippen molar-refractivity contribution in [2.24, 2.45) is 5.84 Å². The van der Waals surface area contributed by atoms with Crippen LogP contribution in [0.25, 0.3) is 0 Å². The summed E-state index contributed by atoms with van der Waals surface area (Å²) in [5.74, 6) is 5.18. The normalized spacial score (nSPS) is 9.50. The highest BCUT2D eigenvalue weighted by molar-refractivity contribution is 6.30. The summed E-state index contributed by atoms with van der Waals surface area (Å²) >= 11 is 5.59. The van der Waals surface area contributed by atoms with Gasteiger partial charge in [0.25, 0.3) is 0 Å². The molecule has 0 bridgehead atoms. The Labute approximate surface area is 74.1 Å². The largest absolute Gasteiger partial charge is 0.464 e. The van der Waals surface area contributed by atoms with Gasteiger partial charge in [-0.15, -0.1) is 0 Å². The number of hydrazine groups is 1. The van der Waals surface area contributed by atoms with Crippen molar-refractivity contribution in [1.29, 1.82) is 0 Å². The molecule has 0 aromatic heterocycles. The molecule has 1 rings (SSSR count). The van der Waals surface area contributed by atoms with Gasteiger partial charge in [-0.1, -0.05) is 11.6 Å². The first-order valence-electron chi connectivity index (χ1n) is 3.14. The number of anilines is 1. The van der Waals surface area contributed by atoms with E-state index in [1.165, 1.54) is 12.1 Å². The van der Waals surface area contributed by atoms with E-state index in [1.54, 1.807) is 12.1 Å². The highest BCUT2D eigenvalue weighted by atomic mass is 35.5. The second-order valence-corrected chi connectivity index (χ2v) is 2.57. The van der Waals surface area contributed by atoms with Crippen LogP contribution in [0.3, 0.4) is 0 Å². The van der Waals surface area contributed by atoms with Crippen molar-refractivity contribution in [3.63, 3.8) is 0 Å². The van der Waals surface area contributed by atoms with Crippen molar-refractivity contribution in [3.05, 3.63) is 29.3 Å². The SMILES string of the molecule is NN(C(=O)O)c1ccc(Cl)cc1. The van der Waals surface area contributed by atoms with Crippen molar-refractivity contribution >= 4 is 23.4 Å². The molecule has 0 aliphatic carbocycles. The van der Waals surface area contributed by atoms with Crippen LogP contribution in [-0.4, -0.2) is 11.2 Å². The summed E-state index contributed by atoms with van der Waals surface area (Å²) in [6, 6.07) is 6.19. The third kappa shape index (κ3) is 1.87. The van der Waals surface area contributed by atoms with Crippen molar-refractivity contribution < 1.29 is 9.90 Å². The van der Waals surface area contributed by atoms with E-state index in [4.69, 9.17) is 22.6 Å². The molecule has 0 aliphatic heterocycles. The number of rotatable bonds is 1. The lowest BCUT2D eigenvalue weighted by atomic mass is 10.3. The standard InChI is InChI=1S/C7H7ClN2O2/c8-5-1-3-6(4-2-5)10(9)7(11)12/h1-4H,9H2,(H,11,12). The van der Waals surface area contributed by atoms with Crippen LogP contribution in [0, 0.1) is 0 Å². The molecule has 0 unspecified atom stereocenters. The molecule has 1 aromatic rings. The molecule has 0 fully saturated rings. The van der Waals surface area contributed by atoms with Crippen LogP contribution in [-0.2, 0) is 0 Å². The minimum atomic E-state index is -1.21. The van der Waals surface area contributed by atoms with Gasteiger partial charge in [-0.3, -0.25) is 0 Å². The summed E-state index contributed by atoms with van der Waals surface area (Å²) in [6.07, 6.45) is -1.21. The van der Waals surface area contributed by atoms with E-state index in [1.807, 2.05) is 0 Å². The molecule has 12 heavy (non-hydrogen) atoms. The maximum atomic E-state index is 10.4. The van der Waals surface area contributed by atoms with Gasteiger partial charge in [0.1, 0.15) is 0 Å². The Bertz CT molecular complexity index is 286. The van der Waals surface area contributed by atoms with E-state index in [-0.39, 0.29) is 0 Å². The highest BCUT2D eigenvalue weighted by Gasteiger charge is 2.07. The quantitative estimate of drug-likeness (QED) is 0.399. The summed E-state index contributed by atoms with van der Waals surface area (Å²) < 4.78 is 0. The molecular formula is C7H7ClN2O2. The molecule has 0 atom stereocenters. The second kappa shape index (κ2) is 3.42. The Kier molecular flexibility index (Phi) is 2.52. The van der Waals surface area contributed by atoms with Gasteiger partial charge < -0.3 is 5.11 Å². The Morgan fingerprint density at radius 2 is 1.92 bits per heavy atom. The molecule has 4 nitrogen and oxygen atoms in total. The molecule has 0 heterocycles. The summed E-state index contributed by atoms with van der Waals surface area (Å²) in [5.41, 5.74) is 0.381. The number of halogens is 1. The zero-order chi connectivity index (χ0) is 9.14. The minimum absolute atomic E-state index is 0.381. The van der Waals surface area contributed by atoms with Crippen LogP contribution in [0.2, 0.25) is 5.02 Å². The Hall–Kier alpha value is -1.26. The second-order valence-electron chi connectivity index (χ2n) is 2.13. The van der Waals surface area contributed by atoms with Crippen LogP contribution in [0.4, 0.5) is 10.5 Å². The van der Waals surface area contributed by atoms with Crippen LogP contribution in [0.1, 0.15) is 0 Å². The van der Waals surface area contributed by atoms with Crippen LogP contribution in [0.15, 0.2) is 24.3 Å². The van der Waals surface area contributed by atoms with Gasteiger partial charge in [0.05, 0.1) is 5.69 Å². The van der Waals surface area contributed by atoms with Gasteiger partial charge in [0, 0.05) is 5.02 Å². The number of nitrogens with zero attached hydrogens (tertiary/aromatic N) is 1. The van der Waals surface area contributed by atoms with Crippen molar-refractivity contribution in [1.82, 2.24) is 0 Å². The van der Waals surface area contributed by atoms with Crippen LogP contribution < -0.4 is 10.9 Å². The van der Waals surface area contributed by atoms with E-state index >= 15 is 0 Å². The lowest BCUT2D eigenvalue weighted by Gasteiger charge is -2.11. The Balaban J connectivity index is 2.89. The monoisotopic (exact) mass is 186 g/mol. The number of hydrogen-bond acceptors (Lipinski definition) is 2. The van der Waals surface area contributed by atoms with Gasteiger partial charge in [0.2, 0.25) is 0 Å². The van der Waals surface area contributed by atoms with Crippen molar-refractivity contribution in [2.45, 2.75) is 0 Å². The fourth-order valence-electron chi connectivity index (χ4n) is 0.712. The lowest BCUT2D eigenvalue weighted by molar-refractivity contribution is 0.202. The molecule has 5 heteroatoms. The van der Waals surface area contributed by atoms with Gasteiger partial charge in [-0.05, 0) is 24.3 Å². The van der Waals surface area contributed by atoms with Gasteiger partial charge >= 0.3 is 6.09 Å². The third-order valence-electron chi connectivity index (χ3n) is 1.31. The molecule has 3 N–H and O–H groups in total. The Morgan fingerprint density at radius 3 is 2.33 bits per heavy atom. The van der Waals surface area contributed by atoms with Crippen LogP contribution in [0.5, 0.6) is 0 Å². The predicted molar refractivity (Wildman–Crippen MR) is 46.1 cm³/mol. The van der Waals surface area contributed by atoms with Crippen LogP contribution >= 0.6 is 11.6 Å². The predicted octanol–water partition coefficient (Wildman–Crippen LogP) is 1.70. The van der Waals surface area contributed by atoms with E-state index in [9.17, 15) is 4.79 Å². The molecule has 0 saturated carbocycles. The van der Waals surface area contributed by atoms with Crippen molar-refractivity contribution in [2.75, 3.05) is 5.01 Å². The smallest absolute Gasteiger partial charge is 0.426 e. The third-order valence-corrected chi connectivity index (χ3v) is 1.56. The van der Waals surface area contributed by atoms with Gasteiger partial charge in [-0.25, -0.2) is 15.6 Å². The molecule has 64 valence electrons. The van der Waals surface area contributed by atoms with E-state index < -0.39 is 6.09 Å². The maximum Gasteiger partial charge on any atom is 0.426 e. The summed E-state index contributed by atoms with van der Waals surface area (Å²) in [7, 11) is 0. The first-order valence-corrected chi connectivity index (χ1v) is 3.52. The fraction of sp³-hybridized carbons (Fsp3) is 0. The maximum absolute atomic E-state index is 10.4. The molecule has 0 radical (unpaired) electrons. The number of hydrogen-bond donors (Lipinski definition) is 2. The summed E-state index contributed by atoms with van der Waals surface area (Å²) in [6.45, 7) is 0. The molecule has 0 spiro atoms. The molecular weight excluding hydrogens is 180 g/mol. The minimum Gasteiger partial charge on any atom is -0.464 e. The number of carbonyl (C=O) groups is 1. The topological polar surface area (TPSA) is 66.6 Å². The molecule has 1 amide bonds. The number of benzene rings is 1. The van der Waals surface area contributed by atoms with E-state index in [2.05, 4.69) is 0 Å². The Morgan fingerprint density at radius 1 is 1.42 bits per heavy atom. The van der Waals surface area contributed by atoms with Gasteiger partial charge in [-0.2, -0.15) is 0 Å². The molecule has 0 aliphatic rings. The van der Waals surface area contributed by atoms with E-state index in [0.29, 0.717) is 15.7 Å². The number of carboxylic acid groups (broad SMARTS) is 1. The molecule has 0 saturated heterocycles. The number of amides is 1. The number of nitrogens with two attached hydrogens (primary N) is 1. The first-order chi connectivity index (χ1) is 5.61. The molecule has 1 aromatic carbocycles. The zero-order valence-electron chi connectivity index (χ0n) is 6.07. The first kappa shape index (κ1) is 8.83. The lowest BCUT2D eigenvalue weighted by Crippen LogP contribution is -2.35. The summed E-state index contributed by atoms with van der Waals surface area (Å²) in [5, 5.41) is 9.63. The van der Waals surface area contributed by atoms with E-state index in [0.717, 1.165) is 0 Å². The van der Waals surface area contributed by atoms with Crippen molar-refractivity contribution in [3.8, 4) is 0 Å². The van der Waals surface area contributed by atoms with Gasteiger partial charge in [0.15, 0.2) is 0 Å². The average molecular weight is 187 g/mol. The highest BCUT2D eigenvalue weighted by Crippen LogP contribution is 2.15.